The number of aromatic nitrogens is 3. The average molecular weight is 401 g/mol. The maximum atomic E-state index is 13.2. The van der Waals surface area contributed by atoms with Gasteiger partial charge in [-0.15, -0.1) is 0 Å². The van der Waals surface area contributed by atoms with Gasteiger partial charge in [-0.1, -0.05) is 23.7 Å². The molecule has 1 atom stereocenters. The Labute approximate surface area is 165 Å². The third-order valence-electron chi connectivity index (χ3n) is 5.05. The van der Waals surface area contributed by atoms with E-state index in [4.69, 9.17) is 11.6 Å². The van der Waals surface area contributed by atoms with Crippen molar-refractivity contribution >= 4 is 17.5 Å². The Morgan fingerprint density at radius 3 is 2.82 bits per heavy atom. The van der Waals surface area contributed by atoms with Crippen molar-refractivity contribution in [2.45, 2.75) is 18.8 Å². The fraction of sp³-hybridized carbons (Fsp3) is 0.250. The van der Waals surface area contributed by atoms with Gasteiger partial charge in [-0.2, -0.15) is 5.10 Å². The van der Waals surface area contributed by atoms with E-state index >= 15 is 0 Å². The van der Waals surface area contributed by atoms with Crippen LogP contribution in [0.5, 0.6) is 0 Å². The van der Waals surface area contributed by atoms with Crippen molar-refractivity contribution in [3.8, 4) is 11.1 Å². The molecule has 0 saturated carbocycles. The summed E-state index contributed by atoms with van der Waals surface area (Å²) in [6.07, 6.45) is 4.87. The monoisotopic (exact) mass is 400 g/mol. The van der Waals surface area contributed by atoms with Gasteiger partial charge in [0, 0.05) is 36.5 Å². The molecule has 144 valence electrons. The number of pyridine rings is 1. The zero-order valence-corrected chi connectivity index (χ0v) is 15.7. The van der Waals surface area contributed by atoms with Crippen molar-refractivity contribution in [3.63, 3.8) is 0 Å². The van der Waals surface area contributed by atoms with Crippen LogP contribution in [-0.2, 0) is 0 Å². The lowest BCUT2D eigenvalue weighted by molar-refractivity contribution is 0.0705. The first-order valence-electron chi connectivity index (χ1n) is 8.99. The first kappa shape index (κ1) is 18.4. The zero-order valence-electron chi connectivity index (χ0n) is 14.9. The highest BCUT2D eigenvalue weighted by molar-refractivity contribution is 6.30. The molecule has 0 spiro atoms. The van der Waals surface area contributed by atoms with Crippen molar-refractivity contribution in [3.05, 3.63) is 75.2 Å². The van der Waals surface area contributed by atoms with Gasteiger partial charge < -0.3 is 9.88 Å². The van der Waals surface area contributed by atoms with Crippen molar-refractivity contribution in [1.29, 1.82) is 0 Å². The van der Waals surface area contributed by atoms with Crippen LogP contribution in [-0.4, -0.2) is 39.1 Å². The molecular formula is C20H18ClFN4O2. The summed E-state index contributed by atoms with van der Waals surface area (Å²) >= 11 is 5.85. The molecule has 28 heavy (non-hydrogen) atoms. The van der Waals surface area contributed by atoms with Crippen LogP contribution in [0.2, 0.25) is 5.02 Å². The van der Waals surface area contributed by atoms with Crippen LogP contribution in [0.1, 0.15) is 34.8 Å². The van der Waals surface area contributed by atoms with E-state index in [1.165, 1.54) is 24.4 Å². The number of nitrogens with one attached hydrogen (secondary N) is 2. The third-order valence-corrected chi connectivity index (χ3v) is 5.33. The molecule has 8 heteroatoms. The molecule has 1 aliphatic heterocycles. The van der Waals surface area contributed by atoms with Crippen LogP contribution >= 0.6 is 11.6 Å². The Kier molecular flexibility index (Phi) is 5.00. The zero-order chi connectivity index (χ0) is 19.7. The molecule has 1 aliphatic rings. The summed E-state index contributed by atoms with van der Waals surface area (Å²) in [7, 11) is 0. The van der Waals surface area contributed by atoms with Crippen LogP contribution in [0, 0.1) is 5.82 Å². The maximum Gasteiger partial charge on any atom is 0.266 e. The van der Waals surface area contributed by atoms with Gasteiger partial charge in [0.25, 0.3) is 11.5 Å². The van der Waals surface area contributed by atoms with E-state index in [0.717, 1.165) is 29.7 Å². The van der Waals surface area contributed by atoms with E-state index in [-0.39, 0.29) is 22.7 Å². The predicted octanol–water partition coefficient (Wildman–Crippen LogP) is 3.58. The Balaban J connectivity index is 1.57. The molecule has 2 N–H and O–H groups in total. The van der Waals surface area contributed by atoms with Gasteiger partial charge >= 0.3 is 0 Å². The Morgan fingerprint density at radius 2 is 2.07 bits per heavy atom. The predicted molar refractivity (Wildman–Crippen MR) is 104 cm³/mol. The van der Waals surface area contributed by atoms with Gasteiger partial charge in [-0.3, -0.25) is 14.7 Å². The number of piperidine rings is 1. The van der Waals surface area contributed by atoms with Crippen LogP contribution in [0.15, 0.2) is 47.5 Å². The van der Waals surface area contributed by atoms with Gasteiger partial charge in [-0.25, -0.2) is 4.39 Å². The lowest BCUT2D eigenvalue weighted by atomic mass is 9.90. The first-order valence-corrected chi connectivity index (χ1v) is 9.37. The Bertz CT molecular complexity index is 1060. The number of amides is 1. The molecule has 6 nitrogen and oxygen atoms in total. The standard InChI is InChI=1S/C20H18ClFN4O2/c21-17-8-14(9-23-19(17)27)20(28)26-7-1-2-13(11-26)18-16(10-24-25-18)12-3-5-15(22)6-4-12/h3-6,8-10,13H,1-2,7,11H2,(H,23,27)(H,24,25). The normalized spacial score (nSPS) is 16.9. The number of carbonyl (C=O) groups excluding carboxylic acids is 1. The Morgan fingerprint density at radius 1 is 1.29 bits per heavy atom. The summed E-state index contributed by atoms with van der Waals surface area (Å²) in [6.45, 7) is 1.15. The number of halogens is 2. The van der Waals surface area contributed by atoms with Crippen molar-refractivity contribution in [2.24, 2.45) is 0 Å². The summed E-state index contributed by atoms with van der Waals surface area (Å²) in [6, 6.07) is 7.67. The molecule has 0 aliphatic carbocycles. The smallest absolute Gasteiger partial charge is 0.266 e. The number of hydrogen-bond donors (Lipinski definition) is 2. The summed E-state index contributed by atoms with van der Waals surface area (Å²) in [5, 5.41) is 7.21. The van der Waals surface area contributed by atoms with Crippen LogP contribution in [0.3, 0.4) is 0 Å². The number of likely N-dealkylation sites (tertiary alicyclic amines) is 1. The number of nitrogens with zero attached hydrogens (tertiary/aromatic N) is 2. The maximum absolute atomic E-state index is 13.2. The highest BCUT2D eigenvalue weighted by Gasteiger charge is 2.28. The van der Waals surface area contributed by atoms with Crippen LogP contribution in [0.25, 0.3) is 11.1 Å². The van der Waals surface area contributed by atoms with E-state index in [0.29, 0.717) is 18.7 Å². The summed E-state index contributed by atoms with van der Waals surface area (Å²) in [5.41, 5.74) is 2.65. The largest absolute Gasteiger partial charge is 0.338 e. The number of aromatic amines is 2. The van der Waals surface area contributed by atoms with Gasteiger partial charge in [0.1, 0.15) is 10.8 Å². The molecule has 0 bridgehead atoms. The van der Waals surface area contributed by atoms with E-state index < -0.39 is 5.56 Å². The van der Waals surface area contributed by atoms with Crippen molar-refractivity contribution < 1.29 is 9.18 Å². The number of rotatable bonds is 3. The van der Waals surface area contributed by atoms with Gasteiger partial charge in [0.15, 0.2) is 0 Å². The van der Waals surface area contributed by atoms with E-state index in [1.54, 1.807) is 23.2 Å². The fourth-order valence-corrected chi connectivity index (χ4v) is 3.80. The minimum Gasteiger partial charge on any atom is -0.338 e. The molecule has 0 radical (unpaired) electrons. The number of carbonyl (C=O) groups is 1. The lowest BCUT2D eigenvalue weighted by Crippen LogP contribution is -2.39. The molecule has 1 aromatic carbocycles. The molecule has 4 rings (SSSR count). The second kappa shape index (κ2) is 7.59. The molecule has 1 fully saturated rings. The van der Waals surface area contributed by atoms with Gasteiger partial charge in [0.2, 0.25) is 0 Å². The summed E-state index contributed by atoms with van der Waals surface area (Å²) in [5.74, 6) is -0.382. The van der Waals surface area contributed by atoms with Crippen LogP contribution in [0.4, 0.5) is 4.39 Å². The molecule has 1 saturated heterocycles. The number of benzene rings is 1. The second-order valence-corrected chi connectivity index (χ2v) is 7.27. The van der Waals surface area contributed by atoms with Crippen LogP contribution < -0.4 is 5.56 Å². The summed E-state index contributed by atoms with van der Waals surface area (Å²) < 4.78 is 13.2. The van der Waals surface area contributed by atoms with E-state index in [1.807, 2.05) is 0 Å². The van der Waals surface area contributed by atoms with E-state index in [9.17, 15) is 14.0 Å². The number of hydrogen-bond acceptors (Lipinski definition) is 3. The molecule has 3 aromatic rings. The topological polar surface area (TPSA) is 81.9 Å². The van der Waals surface area contributed by atoms with Crippen molar-refractivity contribution in [2.75, 3.05) is 13.1 Å². The molecular weight excluding hydrogens is 383 g/mol. The summed E-state index contributed by atoms with van der Waals surface area (Å²) in [4.78, 5) is 28.5. The average Bonchev–Trinajstić information content (AvgIpc) is 3.20. The second-order valence-electron chi connectivity index (χ2n) is 6.86. The highest BCUT2D eigenvalue weighted by Crippen LogP contribution is 2.33. The molecule has 1 amide bonds. The third kappa shape index (κ3) is 3.57. The fourth-order valence-electron chi connectivity index (χ4n) is 3.63. The molecule has 2 aromatic heterocycles. The van der Waals surface area contributed by atoms with Gasteiger partial charge in [0.05, 0.1) is 11.8 Å². The minimum atomic E-state index is -0.420. The van der Waals surface area contributed by atoms with Gasteiger partial charge in [-0.05, 0) is 36.6 Å². The number of H-pyrrole nitrogens is 2. The van der Waals surface area contributed by atoms with E-state index in [2.05, 4.69) is 15.2 Å². The quantitative estimate of drug-likeness (QED) is 0.705. The Hall–Kier alpha value is -2.93. The first-order chi connectivity index (χ1) is 13.5. The van der Waals surface area contributed by atoms with Crippen molar-refractivity contribution in [1.82, 2.24) is 20.1 Å². The molecule has 1 unspecified atom stereocenters. The minimum absolute atomic E-state index is 0.00780. The SMILES string of the molecule is O=C(c1c[nH]c(=O)c(Cl)c1)N1CCCC(c2[nH]ncc2-c2ccc(F)cc2)C1. The molecule has 3 heterocycles. The highest BCUT2D eigenvalue weighted by atomic mass is 35.5. The lowest BCUT2D eigenvalue weighted by Gasteiger charge is -2.32.